The normalized spacial score (nSPS) is 14.2. The minimum absolute atomic E-state index is 0.762. The zero-order valence-electron chi connectivity index (χ0n) is 6.17. The first-order chi connectivity index (χ1) is 5.93. The van der Waals surface area contributed by atoms with E-state index in [1.165, 1.54) is 0 Å². The Labute approximate surface area is 70.0 Å². The molecule has 7 heteroatoms. The van der Waals surface area contributed by atoms with Gasteiger partial charge in [0.05, 0.1) is 5.56 Å². The van der Waals surface area contributed by atoms with Gasteiger partial charge >= 0.3 is 6.18 Å². The average Bonchev–Trinajstić information content (AvgIpc) is 2.02. The second-order valence-corrected chi connectivity index (χ2v) is 2.29. The predicted molar refractivity (Wildman–Crippen MR) is 35.9 cm³/mol. The van der Waals surface area contributed by atoms with Gasteiger partial charge in [-0.3, -0.25) is 4.79 Å². The zero-order valence-corrected chi connectivity index (χ0v) is 6.17. The zero-order chi connectivity index (χ0) is 10.1. The van der Waals surface area contributed by atoms with E-state index in [4.69, 9.17) is 5.11 Å². The van der Waals surface area contributed by atoms with Crippen LogP contribution in [-0.2, 0) is 0 Å². The Morgan fingerprint density at radius 3 is 2.62 bits per heavy atom. The van der Waals surface area contributed by atoms with Gasteiger partial charge in [0.25, 0.3) is 5.56 Å². The molecule has 0 aromatic carbocycles. The van der Waals surface area contributed by atoms with Crippen molar-refractivity contribution in [2.45, 2.75) is 12.3 Å². The van der Waals surface area contributed by atoms with Crippen LogP contribution < -0.4 is 5.56 Å². The van der Waals surface area contributed by atoms with Crippen LogP contribution in [0.3, 0.4) is 0 Å². The van der Waals surface area contributed by atoms with Gasteiger partial charge in [0.2, 0.25) is 0 Å². The number of hydrogen-bond acceptors (Lipinski definition) is 3. The van der Waals surface area contributed by atoms with E-state index in [9.17, 15) is 18.0 Å². The molecule has 0 spiro atoms. The third kappa shape index (κ3) is 2.05. The summed E-state index contributed by atoms with van der Waals surface area (Å²) in [5.74, 6) is 0. The number of aromatic amines is 1. The Kier molecular flexibility index (Phi) is 2.37. The van der Waals surface area contributed by atoms with E-state index in [1.807, 2.05) is 0 Å². The van der Waals surface area contributed by atoms with Gasteiger partial charge in [-0.2, -0.15) is 18.3 Å². The van der Waals surface area contributed by atoms with Gasteiger partial charge in [0.15, 0.2) is 6.10 Å². The highest BCUT2D eigenvalue weighted by Gasteiger charge is 2.40. The molecule has 2 N–H and O–H groups in total. The van der Waals surface area contributed by atoms with Gasteiger partial charge in [0.1, 0.15) is 0 Å². The lowest BCUT2D eigenvalue weighted by molar-refractivity contribution is -0.207. The molecule has 0 saturated heterocycles. The summed E-state index contributed by atoms with van der Waals surface area (Å²) < 4.78 is 35.7. The van der Waals surface area contributed by atoms with Crippen molar-refractivity contribution in [3.63, 3.8) is 0 Å². The Morgan fingerprint density at radius 1 is 1.54 bits per heavy atom. The Balaban J connectivity index is 3.10. The third-order valence-corrected chi connectivity index (χ3v) is 1.36. The number of aromatic nitrogens is 2. The maximum Gasteiger partial charge on any atom is 0.418 e. The number of rotatable bonds is 1. The minimum atomic E-state index is -4.84. The molecule has 72 valence electrons. The first-order valence-electron chi connectivity index (χ1n) is 3.21. The highest BCUT2D eigenvalue weighted by molar-refractivity contribution is 5.11. The monoisotopic (exact) mass is 194 g/mol. The lowest BCUT2D eigenvalue weighted by Crippen LogP contribution is -2.27. The molecular formula is C6H5F3N2O2. The molecule has 1 heterocycles. The van der Waals surface area contributed by atoms with Crippen molar-refractivity contribution < 1.29 is 18.3 Å². The largest absolute Gasteiger partial charge is 0.418 e. The highest BCUT2D eigenvalue weighted by Crippen LogP contribution is 2.30. The highest BCUT2D eigenvalue weighted by atomic mass is 19.4. The first-order valence-corrected chi connectivity index (χ1v) is 3.21. The van der Waals surface area contributed by atoms with Crippen LogP contribution in [0.1, 0.15) is 11.7 Å². The molecule has 0 aliphatic carbocycles. The molecule has 1 atom stereocenters. The van der Waals surface area contributed by atoms with Crippen molar-refractivity contribution >= 4 is 0 Å². The number of alkyl halides is 3. The van der Waals surface area contributed by atoms with Crippen molar-refractivity contribution in [1.82, 2.24) is 10.2 Å². The van der Waals surface area contributed by atoms with Gasteiger partial charge in [0, 0.05) is 6.20 Å². The molecule has 1 aromatic rings. The van der Waals surface area contributed by atoms with Gasteiger partial charge in [-0.05, 0) is 6.07 Å². The number of hydrogen-bond donors (Lipinski definition) is 2. The second-order valence-electron chi connectivity index (χ2n) is 2.29. The summed E-state index contributed by atoms with van der Waals surface area (Å²) in [4.78, 5) is 10.7. The maximum absolute atomic E-state index is 11.9. The summed E-state index contributed by atoms with van der Waals surface area (Å²) in [5, 5.41) is 13.6. The summed E-state index contributed by atoms with van der Waals surface area (Å²) in [7, 11) is 0. The molecule has 0 amide bonds. The summed E-state index contributed by atoms with van der Waals surface area (Å²) >= 11 is 0. The molecule has 1 unspecified atom stereocenters. The first kappa shape index (κ1) is 9.72. The lowest BCUT2D eigenvalue weighted by atomic mass is 10.2. The quantitative estimate of drug-likeness (QED) is 0.678. The van der Waals surface area contributed by atoms with E-state index in [0.717, 1.165) is 12.3 Å². The van der Waals surface area contributed by atoms with Crippen molar-refractivity contribution in [1.29, 1.82) is 0 Å². The van der Waals surface area contributed by atoms with Crippen LogP contribution in [0, 0.1) is 0 Å². The topological polar surface area (TPSA) is 66.0 Å². The molecule has 0 radical (unpaired) electrons. The average molecular weight is 194 g/mol. The van der Waals surface area contributed by atoms with Crippen LogP contribution in [0.15, 0.2) is 17.1 Å². The summed E-state index contributed by atoms with van der Waals surface area (Å²) in [6, 6.07) is 0.816. The van der Waals surface area contributed by atoms with E-state index in [2.05, 4.69) is 5.10 Å². The minimum Gasteiger partial charge on any atom is -0.379 e. The van der Waals surface area contributed by atoms with E-state index in [0.29, 0.717) is 0 Å². The van der Waals surface area contributed by atoms with E-state index < -0.39 is 23.4 Å². The lowest BCUT2D eigenvalue weighted by Gasteiger charge is -2.12. The molecule has 0 aliphatic rings. The van der Waals surface area contributed by atoms with Crippen LogP contribution >= 0.6 is 0 Å². The molecule has 13 heavy (non-hydrogen) atoms. The molecule has 0 fully saturated rings. The number of aliphatic hydroxyl groups excluding tert-OH is 1. The Bertz CT molecular complexity index is 346. The predicted octanol–water partition coefficient (Wildman–Crippen LogP) is 0.366. The number of halogens is 3. The molecular weight excluding hydrogens is 189 g/mol. The summed E-state index contributed by atoms with van der Waals surface area (Å²) in [6.45, 7) is 0. The van der Waals surface area contributed by atoms with Crippen LogP contribution in [0.25, 0.3) is 0 Å². The van der Waals surface area contributed by atoms with E-state index >= 15 is 0 Å². The van der Waals surface area contributed by atoms with Crippen LogP contribution in [0.5, 0.6) is 0 Å². The number of aliphatic hydroxyl groups is 1. The van der Waals surface area contributed by atoms with Crippen molar-refractivity contribution in [3.05, 3.63) is 28.2 Å². The van der Waals surface area contributed by atoms with Crippen molar-refractivity contribution in [2.24, 2.45) is 0 Å². The maximum atomic E-state index is 11.9. The second kappa shape index (κ2) is 3.17. The summed E-state index contributed by atoms with van der Waals surface area (Å²) in [6.07, 6.45) is -6.64. The molecule has 0 aliphatic heterocycles. The standard InChI is InChI=1S/C6H5F3N2O2/c7-6(8,9)4(12)3-1-2-10-11-5(3)13/h1-2,4,12H,(H,11,13). The fourth-order valence-electron chi connectivity index (χ4n) is 0.745. The fourth-order valence-corrected chi connectivity index (χ4v) is 0.745. The number of H-pyrrole nitrogens is 1. The van der Waals surface area contributed by atoms with Crippen LogP contribution in [0.2, 0.25) is 0 Å². The van der Waals surface area contributed by atoms with Gasteiger partial charge in [-0.1, -0.05) is 0 Å². The van der Waals surface area contributed by atoms with Crippen molar-refractivity contribution in [3.8, 4) is 0 Å². The number of nitrogens with zero attached hydrogens (tertiary/aromatic N) is 1. The smallest absolute Gasteiger partial charge is 0.379 e. The Hall–Kier alpha value is -1.37. The van der Waals surface area contributed by atoms with Gasteiger partial charge in [-0.15, -0.1) is 0 Å². The fraction of sp³-hybridized carbons (Fsp3) is 0.333. The molecule has 0 bridgehead atoms. The van der Waals surface area contributed by atoms with Crippen molar-refractivity contribution in [2.75, 3.05) is 0 Å². The molecule has 4 nitrogen and oxygen atoms in total. The molecule has 0 saturated carbocycles. The van der Waals surface area contributed by atoms with Crippen LogP contribution in [-0.4, -0.2) is 21.5 Å². The van der Waals surface area contributed by atoms with Crippen LogP contribution in [0.4, 0.5) is 13.2 Å². The van der Waals surface area contributed by atoms with E-state index in [-0.39, 0.29) is 0 Å². The van der Waals surface area contributed by atoms with E-state index in [1.54, 1.807) is 5.10 Å². The molecule has 1 rings (SSSR count). The number of nitrogens with one attached hydrogen (secondary N) is 1. The van der Waals surface area contributed by atoms with Gasteiger partial charge in [-0.25, -0.2) is 5.10 Å². The van der Waals surface area contributed by atoms with Gasteiger partial charge < -0.3 is 5.11 Å². The summed E-state index contributed by atoms with van der Waals surface area (Å²) in [5.41, 5.74) is -1.81. The SMILES string of the molecule is O=c1[nH]nccc1C(O)C(F)(F)F. The third-order valence-electron chi connectivity index (χ3n) is 1.36. The Morgan fingerprint density at radius 2 is 2.15 bits per heavy atom. The molecule has 1 aromatic heterocycles.